The minimum absolute atomic E-state index is 0.0103. The largest absolute Gasteiger partial charge is 0.477 e. The topological polar surface area (TPSA) is 87.6 Å². The number of nitrogens with zero attached hydrogens (tertiary/aromatic N) is 2. The van der Waals surface area contributed by atoms with Crippen LogP contribution in [0.1, 0.15) is 16.1 Å². The number of ether oxygens (including phenoxy) is 1. The summed E-state index contributed by atoms with van der Waals surface area (Å²) in [6, 6.07) is 12.8. The third-order valence-electron chi connectivity index (χ3n) is 3.38. The van der Waals surface area contributed by atoms with Crippen LogP contribution < -0.4 is 10.2 Å². The van der Waals surface area contributed by atoms with Crippen molar-refractivity contribution in [3.8, 4) is 11.8 Å². The van der Waals surface area contributed by atoms with Crippen LogP contribution in [0.5, 0.6) is 5.75 Å². The van der Waals surface area contributed by atoms with Crippen LogP contribution in [0.4, 0.5) is 0 Å². The molecule has 3 rings (SSSR count). The van der Waals surface area contributed by atoms with Crippen LogP contribution in [-0.2, 0) is 0 Å². The summed E-state index contributed by atoms with van der Waals surface area (Å²) < 4.78 is 13.5. The molecule has 2 aromatic carbocycles. The molecule has 27 heavy (non-hydrogen) atoms. The van der Waals surface area contributed by atoms with Gasteiger partial charge in [0.05, 0.1) is 13.4 Å². The summed E-state index contributed by atoms with van der Waals surface area (Å²) in [7, 11) is 0. The van der Waals surface area contributed by atoms with Crippen LogP contribution >= 0.6 is 61.1 Å². The van der Waals surface area contributed by atoms with Gasteiger partial charge in [-0.3, -0.25) is 4.79 Å². The van der Waals surface area contributed by atoms with Crippen LogP contribution in [0, 0.1) is 18.5 Å². The van der Waals surface area contributed by atoms with Crippen molar-refractivity contribution in [2.75, 3.05) is 6.61 Å². The molecule has 136 valence electrons. The van der Waals surface area contributed by atoms with Gasteiger partial charge < -0.3 is 9.15 Å². The molecule has 6 nitrogen and oxygen atoms in total. The smallest absolute Gasteiger partial charge is 0.307 e. The van der Waals surface area contributed by atoms with E-state index in [4.69, 9.17) is 14.4 Å². The van der Waals surface area contributed by atoms with E-state index >= 15 is 0 Å². The number of carbonyl (C=O) groups excluding carboxylic acids is 1. The van der Waals surface area contributed by atoms with Gasteiger partial charge in [-0.1, -0.05) is 15.9 Å². The predicted molar refractivity (Wildman–Crippen MR) is 122 cm³/mol. The summed E-state index contributed by atoms with van der Waals surface area (Å²) in [6.07, 6.45) is 1.54. The van der Waals surface area contributed by atoms with Crippen molar-refractivity contribution in [2.24, 2.45) is 5.10 Å². The Bertz CT molecular complexity index is 1070. The highest BCUT2D eigenvalue weighted by molar-refractivity contribution is 14.1. The van der Waals surface area contributed by atoms with E-state index in [0.717, 1.165) is 22.6 Å². The molecular weight excluding hydrogens is 640 g/mol. The first-order valence-corrected chi connectivity index (χ1v) is 10.4. The molecule has 0 aliphatic carbocycles. The Hall–Kier alpha value is -1.65. The van der Waals surface area contributed by atoms with E-state index in [1.54, 1.807) is 12.1 Å². The first-order valence-electron chi connectivity index (χ1n) is 7.49. The van der Waals surface area contributed by atoms with Gasteiger partial charge in [0, 0.05) is 9.86 Å². The van der Waals surface area contributed by atoms with Gasteiger partial charge >= 0.3 is 5.91 Å². The fourth-order valence-corrected chi connectivity index (χ4v) is 4.75. The third kappa shape index (κ3) is 4.99. The number of hydrogen-bond donors (Lipinski definition) is 1. The number of furan rings is 1. The van der Waals surface area contributed by atoms with Crippen LogP contribution in [0.15, 0.2) is 50.4 Å². The summed E-state index contributed by atoms with van der Waals surface area (Å²) >= 11 is 7.64. The number of hydrogen-bond acceptors (Lipinski definition) is 5. The molecule has 0 saturated heterocycles. The first kappa shape index (κ1) is 20.1. The molecule has 0 spiro atoms. The zero-order valence-corrected chi connectivity index (χ0v) is 19.4. The molecule has 0 radical (unpaired) electrons. The lowest BCUT2D eigenvalue weighted by molar-refractivity contribution is 0.0929. The van der Waals surface area contributed by atoms with E-state index in [1.165, 1.54) is 6.21 Å². The number of carbonyl (C=O) groups is 1. The van der Waals surface area contributed by atoms with Crippen LogP contribution in [0.25, 0.3) is 11.0 Å². The first-order chi connectivity index (χ1) is 13.0. The quantitative estimate of drug-likeness (QED) is 0.238. The highest BCUT2D eigenvalue weighted by atomic mass is 127. The SMILES string of the molecule is N#CCOc1c(I)cc(/C=N/NC(=O)c2cc3cc(Br)ccc3o2)cc1I. The van der Waals surface area contributed by atoms with Crippen molar-refractivity contribution in [1.29, 1.82) is 5.26 Å². The van der Waals surface area contributed by atoms with Crippen LogP contribution in [0.3, 0.4) is 0 Å². The second kappa shape index (κ2) is 9.03. The van der Waals surface area contributed by atoms with Gasteiger partial charge in [-0.05, 0) is 87.1 Å². The Balaban J connectivity index is 1.71. The number of rotatable bonds is 5. The number of amides is 1. The molecule has 0 saturated carbocycles. The molecule has 1 heterocycles. The van der Waals surface area contributed by atoms with Crippen molar-refractivity contribution in [3.63, 3.8) is 0 Å². The highest BCUT2D eigenvalue weighted by Gasteiger charge is 2.12. The fraction of sp³-hybridized carbons (Fsp3) is 0.0556. The predicted octanol–water partition coefficient (Wildman–Crippen LogP) is 5.07. The summed E-state index contributed by atoms with van der Waals surface area (Å²) in [5.74, 6) is 0.411. The maximum atomic E-state index is 12.2. The Morgan fingerprint density at radius 3 is 2.74 bits per heavy atom. The molecule has 1 N–H and O–H groups in total. The number of nitrogens with one attached hydrogen (secondary N) is 1. The summed E-state index contributed by atoms with van der Waals surface area (Å²) in [5.41, 5.74) is 3.88. The summed E-state index contributed by atoms with van der Waals surface area (Å²) in [6.45, 7) is -0.0103. The van der Waals surface area contributed by atoms with E-state index in [2.05, 4.69) is 71.6 Å². The van der Waals surface area contributed by atoms with Crippen molar-refractivity contribution in [3.05, 3.63) is 59.3 Å². The molecule has 0 aliphatic rings. The van der Waals surface area contributed by atoms with Gasteiger partial charge in [-0.15, -0.1) is 0 Å². The number of halogens is 3. The molecular formula is C18H10BrI2N3O3. The van der Waals surface area contributed by atoms with Crippen LogP contribution in [-0.4, -0.2) is 18.7 Å². The molecule has 1 aromatic heterocycles. The molecule has 0 bridgehead atoms. The maximum absolute atomic E-state index is 12.2. The molecule has 9 heteroatoms. The summed E-state index contributed by atoms with van der Waals surface area (Å²) in [5, 5.41) is 13.4. The number of fused-ring (bicyclic) bond motifs is 1. The van der Waals surface area contributed by atoms with Crippen LogP contribution in [0.2, 0.25) is 0 Å². The van der Waals surface area contributed by atoms with Crippen molar-refractivity contribution >= 4 is 84.2 Å². The Morgan fingerprint density at radius 1 is 1.30 bits per heavy atom. The second-order valence-corrected chi connectivity index (χ2v) is 8.49. The Morgan fingerprint density at radius 2 is 2.04 bits per heavy atom. The molecule has 0 fully saturated rings. The zero-order valence-electron chi connectivity index (χ0n) is 13.5. The van der Waals surface area contributed by atoms with Crippen molar-refractivity contribution in [2.45, 2.75) is 0 Å². The van der Waals surface area contributed by atoms with E-state index in [-0.39, 0.29) is 12.4 Å². The number of hydrazone groups is 1. The van der Waals surface area contributed by atoms with Gasteiger partial charge in [0.15, 0.2) is 12.4 Å². The Kier molecular flexibility index (Phi) is 6.72. The van der Waals surface area contributed by atoms with E-state index in [0.29, 0.717) is 11.3 Å². The maximum Gasteiger partial charge on any atom is 0.307 e. The monoisotopic (exact) mass is 649 g/mol. The van der Waals surface area contributed by atoms with E-state index in [1.807, 2.05) is 30.3 Å². The van der Waals surface area contributed by atoms with Gasteiger partial charge in [-0.2, -0.15) is 10.4 Å². The number of benzene rings is 2. The third-order valence-corrected chi connectivity index (χ3v) is 5.48. The molecule has 3 aromatic rings. The molecule has 0 atom stereocenters. The zero-order chi connectivity index (χ0) is 19.4. The second-order valence-electron chi connectivity index (χ2n) is 5.25. The average Bonchev–Trinajstić information content (AvgIpc) is 3.04. The van der Waals surface area contributed by atoms with Gasteiger partial charge in [0.2, 0.25) is 0 Å². The lowest BCUT2D eigenvalue weighted by atomic mass is 10.2. The minimum Gasteiger partial charge on any atom is -0.477 e. The lowest BCUT2D eigenvalue weighted by Gasteiger charge is -2.08. The average molecular weight is 650 g/mol. The number of nitriles is 1. The molecule has 1 amide bonds. The summed E-state index contributed by atoms with van der Waals surface area (Å²) in [4.78, 5) is 12.2. The standard InChI is InChI=1S/C18H10BrI2N3O3/c19-12-1-2-15-11(7-12)8-16(27-15)18(25)24-23-9-10-5-13(20)17(14(21)6-10)26-4-3-22/h1-2,5-9H,4H2,(H,24,25)/b23-9+. The molecule has 0 unspecified atom stereocenters. The lowest BCUT2D eigenvalue weighted by Crippen LogP contribution is -2.16. The fourth-order valence-electron chi connectivity index (χ4n) is 2.24. The highest BCUT2D eigenvalue weighted by Crippen LogP contribution is 2.28. The van der Waals surface area contributed by atoms with Crippen molar-refractivity contribution in [1.82, 2.24) is 5.43 Å². The van der Waals surface area contributed by atoms with E-state index in [9.17, 15) is 4.79 Å². The molecule has 0 aliphatic heterocycles. The van der Waals surface area contributed by atoms with Gasteiger partial charge in [0.1, 0.15) is 17.4 Å². The normalized spacial score (nSPS) is 10.9. The van der Waals surface area contributed by atoms with Gasteiger partial charge in [-0.25, -0.2) is 5.43 Å². The van der Waals surface area contributed by atoms with Crippen molar-refractivity contribution < 1.29 is 13.9 Å². The minimum atomic E-state index is -0.433. The Labute approximate surface area is 190 Å². The van der Waals surface area contributed by atoms with Gasteiger partial charge in [0.25, 0.3) is 0 Å². The van der Waals surface area contributed by atoms with E-state index < -0.39 is 5.91 Å².